The van der Waals surface area contributed by atoms with E-state index in [9.17, 15) is 9.18 Å². The zero-order chi connectivity index (χ0) is 12.3. The van der Waals surface area contributed by atoms with Crippen LogP contribution in [0.3, 0.4) is 0 Å². The zero-order valence-corrected chi connectivity index (χ0v) is 9.01. The van der Waals surface area contributed by atoms with Gasteiger partial charge in [0.2, 0.25) is 0 Å². The molecule has 0 saturated carbocycles. The van der Waals surface area contributed by atoms with Gasteiger partial charge in [0.1, 0.15) is 24.3 Å². The lowest BCUT2D eigenvalue weighted by molar-refractivity contribution is 0.112. The van der Waals surface area contributed by atoms with Gasteiger partial charge in [0.15, 0.2) is 11.6 Å². The average Bonchev–Trinajstić information content (AvgIpc) is 2.73. The molecule has 1 aromatic carbocycles. The van der Waals surface area contributed by atoms with E-state index in [4.69, 9.17) is 4.74 Å². The monoisotopic (exact) mass is 236 g/mol. The summed E-state index contributed by atoms with van der Waals surface area (Å²) in [5, 5.41) is 7.18. The molecule has 0 aliphatic heterocycles. The minimum absolute atomic E-state index is 0.0537. The van der Waals surface area contributed by atoms with Crippen molar-refractivity contribution in [2.24, 2.45) is 0 Å². The first-order valence-electron chi connectivity index (χ1n) is 4.86. The Morgan fingerprint density at radius 3 is 2.88 bits per heavy atom. The Morgan fingerprint density at radius 2 is 2.29 bits per heavy atom. The van der Waals surface area contributed by atoms with E-state index >= 15 is 0 Å². The Hall–Kier alpha value is -2.24. The number of aldehydes is 1. The summed E-state index contributed by atoms with van der Waals surface area (Å²) < 4.78 is 23.1. The highest BCUT2D eigenvalue weighted by Crippen LogP contribution is 2.19. The lowest BCUT2D eigenvalue weighted by Crippen LogP contribution is -1.99. The molecular weight excluding hydrogens is 227 g/mol. The molecule has 0 N–H and O–H groups in total. The fourth-order valence-electron chi connectivity index (χ4n) is 1.23. The van der Waals surface area contributed by atoms with Crippen LogP contribution < -0.4 is 4.74 Å². The SMILES string of the molecule is Cc1nonc1COc1ccc(C=O)cc1F. The Bertz CT molecular complexity index is 539. The molecule has 2 rings (SSSR count). The molecule has 0 atom stereocenters. The molecule has 0 bridgehead atoms. The lowest BCUT2D eigenvalue weighted by atomic mass is 10.2. The molecule has 0 saturated heterocycles. The predicted octanol–water partition coefficient (Wildman–Crippen LogP) is 1.91. The Morgan fingerprint density at radius 1 is 1.47 bits per heavy atom. The Kier molecular flexibility index (Phi) is 3.13. The molecule has 6 heteroatoms. The molecule has 5 nitrogen and oxygen atoms in total. The van der Waals surface area contributed by atoms with E-state index in [0.717, 1.165) is 6.07 Å². The van der Waals surface area contributed by atoms with Gasteiger partial charge in [-0.2, -0.15) is 0 Å². The van der Waals surface area contributed by atoms with Crippen LogP contribution in [0, 0.1) is 12.7 Å². The largest absolute Gasteiger partial charge is 0.484 e. The molecule has 17 heavy (non-hydrogen) atoms. The van der Waals surface area contributed by atoms with Gasteiger partial charge in [-0.3, -0.25) is 4.79 Å². The highest BCUT2D eigenvalue weighted by Gasteiger charge is 2.09. The minimum atomic E-state index is -0.594. The number of carbonyl (C=O) groups is 1. The van der Waals surface area contributed by atoms with Crippen molar-refractivity contribution in [3.63, 3.8) is 0 Å². The van der Waals surface area contributed by atoms with Crippen LogP contribution in [0.1, 0.15) is 21.7 Å². The highest BCUT2D eigenvalue weighted by molar-refractivity contribution is 5.74. The van der Waals surface area contributed by atoms with E-state index in [2.05, 4.69) is 14.9 Å². The molecule has 0 aliphatic rings. The van der Waals surface area contributed by atoms with Crippen LogP contribution in [0.4, 0.5) is 4.39 Å². The number of aryl methyl sites for hydroxylation is 1. The van der Waals surface area contributed by atoms with Crippen molar-refractivity contribution < 1.29 is 18.6 Å². The third-order valence-corrected chi connectivity index (χ3v) is 2.20. The Labute approximate surface area is 96.2 Å². The third-order valence-electron chi connectivity index (χ3n) is 2.20. The van der Waals surface area contributed by atoms with Crippen molar-refractivity contribution in [3.05, 3.63) is 41.0 Å². The second kappa shape index (κ2) is 4.73. The first-order valence-corrected chi connectivity index (χ1v) is 4.86. The molecule has 0 fully saturated rings. The van der Waals surface area contributed by atoms with Crippen LogP contribution in [0.2, 0.25) is 0 Å². The quantitative estimate of drug-likeness (QED) is 0.758. The number of aromatic nitrogens is 2. The summed E-state index contributed by atoms with van der Waals surface area (Å²) in [6.45, 7) is 1.77. The number of halogens is 1. The predicted molar refractivity (Wildman–Crippen MR) is 55.2 cm³/mol. The number of hydrogen-bond donors (Lipinski definition) is 0. The van der Waals surface area contributed by atoms with Crippen molar-refractivity contribution in [1.29, 1.82) is 0 Å². The number of ether oxygens (including phenoxy) is 1. The topological polar surface area (TPSA) is 65.2 Å². The molecular formula is C11H9FN2O3. The maximum atomic E-state index is 13.4. The van der Waals surface area contributed by atoms with Crippen LogP contribution in [-0.4, -0.2) is 16.6 Å². The molecule has 88 valence electrons. The molecule has 0 aliphatic carbocycles. The molecule has 1 heterocycles. The van der Waals surface area contributed by atoms with E-state index in [1.54, 1.807) is 6.92 Å². The maximum Gasteiger partial charge on any atom is 0.165 e. The van der Waals surface area contributed by atoms with Crippen LogP contribution in [-0.2, 0) is 6.61 Å². The van der Waals surface area contributed by atoms with Crippen molar-refractivity contribution in [2.75, 3.05) is 0 Å². The van der Waals surface area contributed by atoms with Gasteiger partial charge < -0.3 is 4.74 Å². The van der Waals surface area contributed by atoms with Crippen molar-refractivity contribution >= 4 is 6.29 Å². The summed E-state index contributed by atoms with van der Waals surface area (Å²) in [5.41, 5.74) is 1.35. The van der Waals surface area contributed by atoms with Crippen molar-refractivity contribution in [1.82, 2.24) is 10.3 Å². The molecule has 0 unspecified atom stereocenters. The second-order valence-corrected chi connectivity index (χ2v) is 3.39. The van der Waals surface area contributed by atoms with Gasteiger partial charge in [-0.05, 0) is 25.1 Å². The molecule has 0 spiro atoms. The summed E-state index contributed by atoms with van der Waals surface area (Å²) in [6, 6.07) is 3.97. The average molecular weight is 236 g/mol. The number of hydrogen-bond acceptors (Lipinski definition) is 5. The van der Waals surface area contributed by atoms with Gasteiger partial charge in [-0.15, -0.1) is 0 Å². The molecule has 1 aromatic heterocycles. The summed E-state index contributed by atoms with van der Waals surface area (Å²) in [6.07, 6.45) is 0.568. The van der Waals surface area contributed by atoms with Gasteiger partial charge >= 0.3 is 0 Å². The summed E-state index contributed by atoms with van der Waals surface area (Å²) in [5.74, 6) is -0.540. The smallest absolute Gasteiger partial charge is 0.165 e. The Balaban J connectivity index is 2.09. The standard InChI is InChI=1S/C11H9FN2O3/c1-7-10(14-17-13-7)6-16-11-3-2-8(5-15)4-9(11)12/h2-5H,6H2,1H3. The number of benzene rings is 1. The maximum absolute atomic E-state index is 13.4. The van der Waals surface area contributed by atoms with E-state index < -0.39 is 5.82 Å². The van der Waals surface area contributed by atoms with Crippen LogP contribution in [0.5, 0.6) is 5.75 Å². The second-order valence-electron chi connectivity index (χ2n) is 3.39. The fourth-order valence-corrected chi connectivity index (χ4v) is 1.23. The lowest BCUT2D eigenvalue weighted by Gasteiger charge is -2.05. The van der Waals surface area contributed by atoms with Gasteiger partial charge in [-0.25, -0.2) is 9.02 Å². The van der Waals surface area contributed by atoms with E-state index in [-0.39, 0.29) is 17.9 Å². The van der Waals surface area contributed by atoms with Gasteiger partial charge in [0, 0.05) is 5.56 Å². The first-order chi connectivity index (χ1) is 8.20. The van der Waals surface area contributed by atoms with Gasteiger partial charge in [0.25, 0.3) is 0 Å². The summed E-state index contributed by atoms with van der Waals surface area (Å²) in [4.78, 5) is 10.4. The number of carbonyl (C=O) groups excluding carboxylic acids is 1. The molecule has 0 amide bonds. The molecule has 2 aromatic rings. The van der Waals surface area contributed by atoms with Crippen LogP contribution in [0.15, 0.2) is 22.8 Å². The third kappa shape index (κ3) is 2.47. The van der Waals surface area contributed by atoms with Crippen LogP contribution in [0.25, 0.3) is 0 Å². The van der Waals surface area contributed by atoms with E-state index in [1.165, 1.54) is 12.1 Å². The van der Waals surface area contributed by atoms with E-state index in [0.29, 0.717) is 17.7 Å². The first kappa shape index (κ1) is 11.3. The zero-order valence-electron chi connectivity index (χ0n) is 9.01. The van der Waals surface area contributed by atoms with E-state index in [1.807, 2.05) is 0 Å². The number of rotatable bonds is 4. The fraction of sp³-hybridized carbons (Fsp3) is 0.182. The van der Waals surface area contributed by atoms with Gasteiger partial charge in [0.05, 0.1) is 0 Å². The normalized spacial score (nSPS) is 10.2. The highest BCUT2D eigenvalue weighted by atomic mass is 19.1. The summed E-state index contributed by atoms with van der Waals surface area (Å²) >= 11 is 0. The minimum Gasteiger partial charge on any atom is -0.484 e. The van der Waals surface area contributed by atoms with Crippen molar-refractivity contribution in [2.45, 2.75) is 13.5 Å². The molecule has 0 radical (unpaired) electrons. The summed E-state index contributed by atoms with van der Waals surface area (Å²) in [7, 11) is 0. The van der Waals surface area contributed by atoms with Gasteiger partial charge in [-0.1, -0.05) is 10.3 Å². The van der Waals surface area contributed by atoms with Crippen molar-refractivity contribution in [3.8, 4) is 5.75 Å². The number of nitrogens with zero attached hydrogens (tertiary/aromatic N) is 2. The van der Waals surface area contributed by atoms with Crippen LogP contribution >= 0.6 is 0 Å².